The Labute approximate surface area is 152 Å². The number of anilines is 1. The second-order valence-electron chi connectivity index (χ2n) is 7.73. The number of amides is 1. The predicted octanol–water partition coefficient (Wildman–Crippen LogP) is 3.61. The Morgan fingerprint density at radius 2 is 1.77 bits per heavy atom. The van der Waals surface area contributed by atoms with Crippen LogP contribution < -0.4 is 5.32 Å². The maximum absolute atomic E-state index is 14.2. The highest BCUT2D eigenvalue weighted by Crippen LogP contribution is 2.30. The second kappa shape index (κ2) is 6.50. The minimum atomic E-state index is -4.27. The molecular formula is C18H23FN2O4S. The lowest BCUT2D eigenvalue weighted by Crippen LogP contribution is -2.44. The van der Waals surface area contributed by atoms with E-state index in [0.29, 0.717) is 11.3 Å². The summed E-state index contributed by atoms with van der Waals surface area (Å²) in [6, 6.07) is 5.31. The van der Waals surface area contributed by atoms with Crippen LogP contribution in [0, 0.1) is 12.7 Å². The molecule has 0 spiro atoms. The molecule has 1 aromatic carbocycles. The van der Waals surface area contributed by atoms with Crippen LogP contribution in [-0.2, 0) is 20.0 Å². The maximum Gasteiger partial charge on any atom is 0.246 e. The van der Waals surface area contributed by atoms with Gasteiger partial charge in [-0.05, 0) is 38.5 Å². The molecule has 0 fully saturated rings. The van der Waals surface area contributed by atoms with Gasteiger partial charge in [0.05, 0.1) is 0 Å². The van der Waals surface area contributed by atoms with Crippen molar-refractivity contribution in [2.45, 2.75) is 56.6 Å². The van der Waals surface area contributed by atoms with Crippen molar-refractivity contribution in [2.24, 2.45) is 0 Å². The normalized spacial score (nSPS) is 12.9. The van der Waals surface area contributed by atoms with Gasteiger partial charge in [-0.15, -0.1) is 0 Å². The van der Waals surface area contributed by atoms with E-state index in [-0.39, 0.29) is 11.2 Å². The van der Waals surface area contributed by atoms with E-state index in [1.165, 1.54) is 32.0 Å². The van der Waals surface area contributed by atoms with Crippen LogP contribution in [0.1, 0.15) is 45.9 Å². The smallest absolute Gasteiger partial charge is 0.246 e. The van der Waals surface area contributed by atoms with E-state index in [4.69, 9.17) is 4.52 Å². The van der Waals surface area contributed by atoms with Crippen molar-refractivity contribution in [2.75, 3.05) is 5.32 Å². The molecule has 0 aliphatic rings. The minimum Gasteiger partial charge on any atom is -0.359 e. The zero-order valence-electron chi connectivity index (χ0n) is 15.7. The zero-order chi connectivity index (χ0) is 19.9. The molecule has 1 N–H and O–H groups in total. The van der Waals surface area contributed by atoms with Gasteiger partial charge < -0.3 is 9.84 Å². The SMILES string of the molecule is Cc1ccc(S(=O)(=O)C(C)(C)C(=O)Nc2cc(C(C)(C)C)on2)c(F)c1. The van der Waals surface area contributed by atoms with E-state index >= 15 is 0 Å². The molecule has 1 amide bonds. The van der Waals surface area contributed by atoms with Gasteiger partial charge in [0.1, 0.15) is 21.2 Å². The molecule has 0 bridgehead atoms. The number of carbonyl (C=O) groups excluding carboxylic acids is 1. The van der Waals surface area contributed by atoms with E-state index in [0.717, 1.165) is 6.07 Å². The lowest BCUT2D eigenvalue weighted by Gasteiger charge is -2.23. The number of nitrogens with zero attached hydrogens (tertiary/aromatic N) is 1. The summed E-state index contributed by atoms with van der Waals surface area (Å²) in [7, 11) is -4.27. The quantitative estimate of drug-likeness (QED) is 0.872. The van der Waals surface area contributed by atoms with Crippen molar-refractivity contribution in [3.63, 3.8) is 0 Å². The highest BCUT2D eigenvalue weighted by atomic mass is 32.2. The molecule has 8 heteroatoms. The molecule has 0 saturated heterocycles. The number of hydrogen-bond acceptors (Lipinski definition) is 5. The van der Waals surface area contributed by atoms with E-state index in [9.17, 15) is 17.6 Å². The largest absolute Gasteiger partial charge is 0.359 e. The number of hydrogen-bond donors (Lipinski definition) is 1. The van der Waals surface area contributed by atoms with Crippen molar-refractivity contribution < 1.29 is 22.1 Å². The highest BCUT2D eigenvalue weighted by molar-refractivity contribution is 7.93. The fraction of sp³-hybridized carbons (Fsp3) is 0.444. The van der Waals surface area contributed by atoms with Gasteiger partial charge in [-0.3, -0.25) is 4.79 Å². The monoisotopic (exact) mass is 382 g/mol. The van der Waals surface area contributed by atoms with Gasteiger partial charge in [-0.2, -0.15) is 0 Å². The standard InChI is InChI=1S/C18H23FN2O4S/c1-11-7-8-13(12(19)9-11)26(23,24)18(5,6)16(22)20-15-10-14(25-21-15)17(2,3)4/h7-10H,1-6H3,(H,20,21,22). The van der Waals surface area contributed by atoms with Gasteiger partial charge in [0, 0.05) is 11.5 Å². The van der Waals surface area contributed by atoms with Crippen molar-refractivity contribution in [3.8, 4) is 0 Å². The van der Waals surface area contributed by atoms with Crippen LogP contribution in [0.2, 0.25) is 0 Å². The molecular weight excluding hydrogens is 359 g/mol. The Bertz CT molecular complexity index is 940. The Balaban J connectivity index is 2.33. The lowest BCUT2D eigenvalue weighted by molar-refractivity contribution is -0.117. The summed E-state index contributed by atoms with van der Waals surface area (Å²) in [5.74, 6) is -1.07. The summed E-state index contributed by atoms with van der Waals surface area (Å²) >= 11 is 0. The highest BCUT2D eigenvalue weighted by Gasteiger charge is 2.44. The van der Waals surface area contributed by atoms with Crippen LogP contribution in [0.5, 0.6) is 0 Å². The summed E-state index contributed by atoms with van der Waals surface area (Å²) in [6.45, 7) is 9.83. The third-order valence-electron chi connectivity index (χ3n) is 4.09. The average molecular weight is 382 g/mol. The third kappa shape index (κ3) is 3.65. The van der Waals surface area contributed by atoms with E-state index in [1.807, 2.05) is 20.8 Å². The Morgan fingerprint density at radius 1 is 1.15 bits per heavy atom. The number of rotatable bonds is 4. The van der Waals surface area contributed by atoms with E-state index < -0.39 is 31.2 Å². The molecule has 26 heavy (non-hydrogen) atoms. The van der Waals surface area contributed by atoms with Crippen LogP contribution in [0.3, 0.4) is 0 Å². The average Bonchev–Trinajstić information content (AvgIpc) is 2.95. The zero-order valence-corrected chi connectivity index (χ0v) is 16.5. The van der Waals surface area contributed by atoms with Gasteiger partial charge in [-0.25, -0.2) is 12.8 Å². The minimum absolute atomic E-state index is 0.104. The Hall–Kier alpha value is -2.22. The number of nitrogens with one attached hydrogen (secondary N) is 1. The predicted molar refractivity (Wildman–Crippen MR) is 96.2 cm³/mol. The topological polar surface area (TPSA) is 89.3 Å². The van der Waals surface area contributed by atoms with Crippen LogP contribution in [0.4, 0.5) is 10.2 Å². The van der Waals surface area contributed by atoms with Crippen LogP contribution in [-0.4, -0.2) is 24.2 Å². The molecule has 6 nitrogen and oxygen atoms in total. The first kappa shape index (κ1) is 20.1. The summed E-state index contributed by atoms with van der Waals surface area (Å²) in [4.78, 5) is 12.1. The molecule has 0 unspecified atom stereocenters. The van der Waals surface area contributed by atoms with E-state index in [1.54, 1.807) is 6.92 Å². The number of benzene rings is 1. The molecule has 2 rings (SSSR count). The Kier molecular flexibility index (Phi) is 5.02. The van der Waals surface area contributed by atoms with Crippen molar-refractivity contribution in [3.05, 3.63) is 41.4 Å². The summed E-state index contributed by atoms with van der Waals surface area (Å²) < 4.78 is 43.1. The van der Waals surface area contributed by atoms with Gasteiger partial charge in [0.2, 0.25) is 5.91 Å². The number of aryl methyl sites for hydroxylation is 1. The fourth-order valence-corrected chi connectivity index (χ4v) is 3.58. The molecule has 1 aromatic heterocycles. The third-order valence-corrected chi connectivity index (χ3v) is 6.53. The molecule has 0 radical (unpaired) electrons. The number of sulfone groups is 1. The first-order valence-electron chi connectivity index (χ1n) is 8.06. The molecule has 0 saturated carbocycles. The van der Waals surface area contributed by atoms with E-state index in [2.05, 4.69) is 10.5 Å². The van der Waals surface area contributed by atoms with Crippen molar-refractivity contribution >= 4 is 21.6 Å². The molecule has 0 aliphatic heterocycles. The van der Waals surface area contributed by atoms with Crippen molar-refractivity contribution in [1.29, 1.82) is 0 Å². The fourth-order valence-electron chi connectivity index (χ4n) is 2.18. The van der Waals surface area contributed by atoms with Gasteiger partial charge in [-0.1, -0.05) is 32.0 Å². The molecule has 0 atom stereocenters. The van der Waals surface area contributed by atoms with Gasteiger partial charge >= 0.3 is 0 Å². The first-order chi connectivity index (χ1) is 11.8. The van der Waals surface area contributed by atoms with Crippen LogP contribution in [0.25, 0.3) is 0 Å². The molecule has 0 aliphatic carbocycles. The van der Waals surface area contributed by atoms with Crippen LogP contribution in [0.15, 0.2) is 33.7 Å². The maximum atomic E-state index is 14.2. The Morgan fingerprint density at radius 3 is 2.27 bits per heavy atom. The number of carbonyl (C=O) groups is 1. The molecule has 1 heterocycles. The number of halogens is 1. The van der Waals surface area contributed by atoms with Gasteiger partial charge in [0.25, 0.3) is 0 Å². The summed E-state index contributed by atoms with van der Waals surface area (Å²) in [5, 5.41) is 6.18. The van der Waals surface area contributed by atoms with Gasteiger partial charge in [0.15, 0.2) is 15.7 Å². The molecule has 142 valence electrons. The van der Waals surface area contributed by atoms with Crippen molar-refractivity contribution in [1.82, 2.24) is 5.16 Å². The van der Waals surface area contributed by atoms with Crippen LogP contribution >= 0.6 is 0 Å². The first-order valence-corrected chi connectivity index (χ1v) is 9.54. The molecule has 2 aromatic rings. The second-order valence-corrected chi connectivity index (χ2v) is 10.2. The summed E-state index contributed by atoms with van der Waals surface area (Å²) in [6.07, 6.45) is 0. The lowest BCUT2D eigenvalue weighted by atomic mass is 9.93. The summed E-state index contributed by atoms with van der Waals surface area (Å²) in [5.41, 5.74) is 0.267. The number of aromatic nitrogens is 1.